The number of amides is 1. The third kappa shape index (κ3) is 2.42. The van der Waals surface area contributed by atoms with Gasteiger partial charge < -0.3 is 9.64 Å². The normalized spacial score (nSPS) is 22.6. The molecule has 1 amide bonds. The van der Waals surface area contributed by atoms with Crippen LogP contribution in [0.3, 0.4) is 0 Å². The van der Waals surface area contributed by atoms with Gasteiger partial charge in [-0.3, -0.25) is 4.79 Å². The Bertz CT molecular complexity index is 491. The van der Waals surface area contributed by atoms with Gasteiger partial charge in [-0.2, -0.15) is 0 Å². The summed E-state index contributed by atoms with van der Waals surface area (Å²) in [6.07, 6.45) is 2.84. The molecule has 0 radical (unpaired) electrons. The largest absolute Gasteiger partial charge is 0.363 e. The number of ether oxygens (including phenoxy) is 1. The summed E-state index contributed by atoms with van der Waals surface area (Å²) in [5.74, 6) is 0.126. The Morgan fingerprint density at radius 2 is 2.06 bits per heavy atom. The molecule has 1 aromatic rings. The number of carbonyl (C=O) groups excluding carboxylic acids is 1. The smallest absolute Gasteiger partial charge is 0.254 e. The van der Waals surface area contributed by atoms with E-state index in [2.05, 4.69) is 6.08 Å². The number of epoxide rings is 1. The van der Waals surface area contributed by atoms with Crippen molar-refractivity contribution < 1.29 is 9.53 Å². The summed E-state index contributed by atoms with van der Waals surface area (Å²) in [5.41, 5.74) is 2.47. The molecule has 3 nitrogen and oxygen atoms in total. The summed E-state index contributed by atoms with van der Waals surface area (Å²) in [4.78, 5) is 13.7. The molecule has 1 atom stereocenters. The lowest BCUT2D eigenvalue weighted by Gasteiger charge is -2.26. The van der Waals surface area contributed by atoms with Crippen LogP contribution in [0.25, 0.3) is 5.57 Å². The van der Waals surface area contributed by atoms with Gasteiger partial charge in [-0.1, -0.05) is 29.8 Å². The van der Waals surface area contributed by atoms with E-state index in [0.29, 0.717) is 13.2 Å². The van der Waals surface area contributed by atoms with Crippen molar-refractivity contribution in [2.24, 2.45) is 0 Å². The van der Waals surface area contributed by atoms with Crippen molar-refractivity contribution in [2.75, 3.05) is 19.7 Å². The minimum absolute atomic E-state index is 0.126. The Morgan fingerprint density at radius 3 is 2.61 bits per heavy atom. The zero-order valence-corrected chi connectivity index (χ0v) is 10.7. The Labute approximate surface area is 111 Å². The lowest BCUT2D eigenvalue weighted by Crippen LogP contribution is -2.37. The molecule has 0 spiro atoms. The van der Waals surface area contributed by atoms with Gasteiger partial charge in [0.1, 0.15) is 0 Å². The fraction of sp³-hybridized carbons (Fsp3) is 0.357. The van der Waals surface area contributed by atoms with E-state index in [-0.39, 0.29) is 12.0 Å². The summed E-state index contributed by atoms with van der Waals surface area (Å²) in [5, 5.41) is 0.748. The summed E-state index contributed by atoms with van der Waals surface area (Å²) in [7, 11) is 0. The van der Waals surface area contributed by atoms with Crippen LogP contribution in [0, 0.1) is 0 Å². The highest BCUT2D eigenvalue weighted by Gasteiger charge is 2.35. The Kier molecular flexibility index (Phi) is 3.10. The van der Waals surface area contributed by atoms with Crippen molar-refractivity contribution >= 4 is 23.1 Å². The first-order valence-electron chi connectivity index (χ1n) is 6.09. The van der Waals surface area contributed by atoms with Crippen LogP contribution in [-0.4, -0.2) is 36.6 Å². The van der Waals surface area contributed by atoms with E-state index in [1.807, 2.05) is 29.2 Å². The predicted molar refractivity (Wildman–Crippen MR) is 70.4 cm³/mol. The van der Waals surface area contributed by atoms with Crippen molar-refractivity contribution in [3.05, 3.63) is 40.9 Å². The van der Waals surface area contributed by atoms with Gasteiger partial charge in [0.05, 0.1) is 6.61 Å². The summed E-state index contributed by atoms with van der Waals surface area (Å²) in [6.45, 7) is 2.03. The van der Waals surface area contributed by atoms with Gasteiger partial charge in [-0.05, 0) is 29.7 Å². The zero-order valence-electron chi connectivity index (χ0n) is 9.93. The van der Waals surface area contributed by atoms with Crippen LogP contribution in [0.5, 0.6) is 0 Å². The first kappa shape index (κ1) is 11.8. The molecule has 94 valence electrons. The lowest BCUT2D eigenvalue weighted by atomic mass is 9.99. The molecule has 0 saturated carbocycles. The van der Waals surface area contributed by atoms with E-state index in [1.54, 1.807) is 0 Å². The molecule has 2 aliphatic heterocycles. The van der Waals surface area contributed by atoms with Crippen LogP contribution in [0.15, 0.2) is 30.3 Å². The average molecular weight is 264 g/mol. The van der Waals surface area contributed by atoms with Crippen LogP contribution in [0.4, 0.5) is 0 Å². The van der Waals surface area contributed by atoms with Gasteiger partial charge in [0, 0.05) is 18.1 Å². The molecule has 1 unspecified atom stereocenters. The molecular weight excluding hydrogens is 250 g/mol. The number of hydrogen-bond donors (Lipinski definition) is 0. The molecule has 0 aromatic heterocycles. The van der Waals surface area contributed by atoms with Gasteiger partial charge in [0.25, 0.3) is 5.91 Å². The number of rotatable bonds is 2. The highest BCUT2D eigenvalue weighted by atomic mass is 35.5. The lowest BCUT2D eigenvalue weighted by molar-refractivity contribution is -0.132. The molecule has 2 heterocycles. The fourth-order valence-corrected chi connectivity index (χ4v) is 2.32. The van der Waals surface area contributed by atoms with Gasteiger partial charge in [-0.25, -0.2) is 0 Å². The molecule has 1 fully saturated rings. The Hall–Kier alpha value is -1.32. The molecule has 0 N–H and O–H groups in total. The molecule has 0 bridgehead atoms. The van der Waals surface area contributed by atoms with E-state index in [9.17, 15) is 4.79 Å². The van der Waals surface area contributed by atoms with E-state index in [1.165, 1.54) is 11.1 Å². The minimum Gasteiger partial charge on any atom is -0.363 e. The van der Waals surface area contributed by atoms with Crippen LogP contribution < -0.4 is 0 Å². The van der Waals surface area contributed by atoms with Gasteiger partial charge in [0.2, 0.25) is 0 Å². The van der Waals surface area contributed by atoms with Gasteiger partial charge in [0.15, 0.2) is 6.10 Å². The standard InChI is InChI=1S/C14H14ClNO2/c15-12-3-1-10(2-4-12)11-5-7-16(8-6-11)14(17)13-9-18-13/h1-5,13H,6-9H2. The third-order valence-electron chi connectivity index (χ3n) is 3.34. The first-order valence-corrected chi connectivity index (χ1v) is 6.47. The molecule has 1 aromatic carbocycles. The highest BCUT2D eigenvalue weighted by Crippen LogP contribution is 2.25. The number of carbonyl (C=O) groups is 1. The number of nitrogens with zero attached hydrogens (tertiary/aromatic N) is 1. The topological polar surface area (TPSA) is 32.8 Å². The molecule has 18 heavy (non-hydrogen) atoms. The minimum atomic E-state index is -0.171. The number of hydrogen-bond acceptors (Lipinski definition) is 2. The summed E-state index contributed by atoms with van der Waals surface area (Å²) >= 11 is 5.87. The second kappa shape index (κ2) is 4.75. The third-order valence-corrected chi connectivity index (χ3v) is 3.60. The maximum atomic E-state index is 11.8. The van der Waals surface area contributed by atoms with Crippen LogP contribution >= 0.6 is 11.6 Å². The predicted octanol–water partition coefficient (Wildman–Crippen LogP) is 2.35. The van der Waals surface area contributed by atoms with Crippen molar-refractivity contribution in [1.29, 1.82) is 0 Å². The maximum Gasteiger partial charge on any atom is 0.254 e. The maximum absolute atomic E-state index is 11.8. The molecule has 4 heteroatoms. The molecular formula is C14H14ClNO2. The first-order chi connectivity index (χ1) is 8.74. The van der Waals surface area contributed by atoms with Crippen LogP contribution in [0.1, 0.15) is 12.0 Å². The van der Waals surface area contributed by atoms with E-state index < -0.39 is 0 Å². The zero-order chi connectivity index (χ0) is 12.5. The molecule has 1 saturated heterocycles. The van der Waals surface area contributed by atoms with Crippen LogP contribution in [0.2, 0.25) is 5.02 Å². The monoisotopic (exact) mass is 263 g/mol. The van der Waals surface area contributed by atoms with E-state index in [0.717, 1.165) is 18.0 Å². The van der Waals surface area contributed by atoms with Gasteiger partial charge in [-0.15, -0.1) is 0 Å². The quantitative estimate of drug-likeness (QED) is 0.768. The second-order valence-corrected chi connectivity index (χ2v) is 5.03. The highest BCUT2D eigenvalue weighted by molar-refractivity contribution is 6.30. The van der Waals surface area contributed by atoms with E-state index in [4.69, 9.17) is 16.3 Å². The van der Waals surface area contributed by atoms with Crippen molar-refractivity contribution in [3.63, 3.8) is 0 Å². The average Bonchev–Trinajstić information content (AvgIpc) is 3.23. The van der Waals surface area contributed by atoms with Crippen molar-refractivity contribution in [2.45, 2.75) is 12.5 Å². The molecule has 2 aliphatic rings. The molecule has 3 rings (SSSR count). The molecule has 0 aliphatic carbocycles. The fourth-order valence-electron chi connectivity index (χ4n) is 2.19. The number of benzene rings is 1. The Balaban J connectivity index is 1.69. The summed E-state index contributed by atoms with van der Waals surface area (Å²) in [6, 6.07) is 7.84. The van der Waals surface area contributed by atoms with Crippen molar-refractivity contribution in [3.8, 4) is 0 Å². The number of halogens is 1. The van der Waals surface area contributed by atoms with Crippen molar-refractivity contribution in [1.82, 2.24) is 4.90 Å². The van der Waals surface area contributed by atoms with Gasteiger partial charge >= 0.3 is 0 Å². The second-order valence-electron chi connectivity index (χ2n) is 4.59. The SMILES string of the molecule is O=C(C1CO1)N1CC=C(c2ccc(Cl)cc2)CC1. The van der Waals surface area contributed by atoms with E-state index >= 15 is 0 Å². The summed E-state index contributed by atoms with van der Waals surface area (Å²) < 4.78 is 5.02. The van der Waals surface area contributed by atoms with Crippen LogP contribution in [-0.2, 0) is 9.53 Å². The Morgan fingerprint density at radius 1 is 1.33 bits per heavy atom.